The molecule has 4 heteroatoms. The molecule has 0 fully saturated rings. The number of hydrogen-bond acceptors (Lipinski definition) is 3. The molecule has 0 amide bonds. The van der Waals surface area contributed by atoms with Crippen molar-refractivity contribution in [3.63, 3.8) is 0 Å². The van der Waals surface area contributed by atoms with Crippen LogP contribution in [0.3, 0.4) is 0 Å². The van der Waals surface area contributed by atoms with E-state index in [4.69, 9.17) is 9.84 Å². The van der Waals surface area contributed by atoms with Gasteiger partial charge in [-0.2, -0.15) is 4.98 Å². The first-order chi connectivity index (χ1) is 6.36. The van der Waals surface area contributed by atoms with E-state index < -0.39 is 0 Å². The number of hydrogen-bond donors (Lipinski definition) is 1. The number of aliphatic hydroxyl groups excluding tert-OH is 1. The number of rotatable bonds is 2. The first-order valence-corrected chi connectivity index (χ1v) is 3.97. The van der Waals surface area contributed by atoms with Crippen LogP contribution in [0.25, 0.3) is 11.0 Å². The highest BCUT2D eigenvalue weighted by atomic mass is 16.5. The largest absolute Gasteiger partial charge is 0.468 e. The predicted molar refractivity (Wildman–Crippen MR) is 48.5 cm³/mol. The fraction of sp³-hybridized carbons (Fsp3) is 0.222. The van der Waals surface area contributed by atoms with Gasteiger partial charge in [-0.15, -0.1) is 0 Å². The van der Waals surface area contributed by atoms with Gasteiger partial charge in [0.05, 0.1) is 18.1 Å². The molecule has 1 aromatic carbocycles. The van der Waals surface area contributed by atoms with Crippen molar-refractivity contribution in [1.29, 1.82) is 0 Å². The standard InChI is InChI=1S/C9H10N2O2/c1-13-9-10-7-4-2-3-5-8(7)11(9)6-12/h2-5,12H,6H2,1H3. The van der Waals surface area contributed by atoms with Crippen molar-refractivity contribution < 1.29 is 9.84 Å². The van der Waals surface area contributed by atoms with E-state index >= 15 is 0 Å². The summed E-state index contributed by atoms with van der Waals surface area (Å²) in [5, 5.41) is 9.08. The van der Waals surface area contributed by atoms with E-state index in [1.807, 2.05) is 24.3 Å². The number of aliphatic hydroxyl groups is 1. The summed E-state index contributed by atoms with van der Waals surface area (Å²) in [6, 6.07) is 8.00. The molecule has 0 radical (unpaired) electrons. The molecule has 1 heterocycles. The Morgan fingerprint density at radius 1 is 1.46 bits per heavy atom. The van der Waals surface area contributed by atoms with E-state index in [2.05, 4.69) is 4.98 Å². The third-order valence-corrected chi connectivity index (χ3v) is 1.94. The summed E-state index contributed by atoms with van der Waals surface area (Å²) in [5.74, 6) is 0. The number of benzene rings is 1. The molecule has 1 aromatic heterocycles. The Hall–Kier alpha value is -1.55. The maximum atomic E-state index is 9.08. The molecule has 2 aromatic rings. The van der Waals surface area contributed by atoms with Gasteiger partial charge in [0.1, 0.15) is 6.73 Å². The van der Waals surface area contributed by atoms with Crippen LogP contribution in [-0.2, 0) is 6.73 Å². The van der Waals surface area contributed by atoms with Crippen molar-refractivity contribution in [2.24, 2.45) is 0 Å². The molecule has 1 N–H and O–H groups in total. The minimum Gasteiger partial charge on any atom is -0.468 e. The van der Waals surface area contributed by atoms with E-state index in [0.29, 0.717) is 6.01 Å². The smallest absolute Gasteiger partial charge is 0.298 e. The van der Waals surface area contributed by atoms with Crippen molar-refractivity contribution in [3.05, 3.63) is 24.3 Å². The molecule has 0 spiro atoms. The molecule has 0 aliphatic heterocycles. The highest BCUT2D eigenvalue weighted by Gasteiger charge is 2.08. The lowest BCUT2D eigenvalue weighted by Crippen LogP contribution is -1.99. The van der Waals surface area contributed by atoms with Crippen molar-refractivity contribution in [2.45, 2.75) is 6.73 Å². The molecule has 0 saturated carbocycles. The quantitative estimate of drug-likeness (QED) is 0.746. The Bertz CT molecular complexity index is 422. The zero-order valence-corrected chi connectivity index (χ0v) is 7.27. The van der Waals surface area contributed by atoms with Crippen LogP contribution in [0.5, 0.6) is 6.01 Å². The maximum Gasteiger partial charge on any atom is 0.298 e. The first-order valence-electron chi connectivity index (χ1n) is 3.97. The number of imidazole rings is 1. The van der Waals surface area contributed by atoms with Crippen LogP contribution in [0, 0.1) is 0 Å². The van der Waals surface area contributed by atoms with Gasteiger partial charge in [-0.1, -0.05) is 12.1 Å². The molecule has 0 bridgehead atoms. The second-order valence-electron chi connectivity index (χ2n) is 2.66. The summed E-state index contributed by atoms with van der Waals surface area (Å²) in [4.78, 5) is 4.18. The van der Waals surface area contributed by atoms with Gasteiger partial charge in [0.2, 0.25) is 0 Å². The second-order valence-corrected chi connectivity index (χ2v) is 2.66. The van der Waals surface area contributed by atoms with Crippen molar-refractivity contribution >= 4 is 11.0 Å². The summed E-state index contributed by atoms with van der Waals surface area (Å²) in [6.07, 6.45) is 0. The van der Waals surface area contributed by atoms with Crippen LogP contribution >= 0.6 is 0 Å². The van der Waals surface area contributed by atoms with E-state index in [9.17, 15) is 0 Å². The third-order valence-electron chi connectivity index (χ3n) is 1.94. The summed E-state index contributed by atoms with van der Waals surface area (Å²) in [7, 11) is 1.54. The summed E-state index contributed by atoms with van der Waals surface area (Å²) >= 11 is 0. The fourth-order valence-electron chi connectivity index (χ4n) is 1.35. The zero-order chi connectivity index (χ0) is 9.26. The Morgan fingerprint density at radius 3 is 2.92 bits per heavy atom. The molecular formula is C9H10N2O2. The second kappa shape index (κ2) is 3.06. The number of para-hydroxylation sites is 2. The lowest BCUT2D eigenvalue weighted by Gasteiger charge is -2.01. The van der Waals surface area contributed by atoms with Crippen molar-refractivity contribution in [3.8, 4) is 6.01 Å². The average molecular weight is 178 g/mol. The van der Waals surface area contributed by atoms with Gasteiger partial charge in [-0.3, -0.25) is 4.57 Å². The topological polar surface area (TPSA) is 47.3 Å². The molecule has 0 unspecified atom stereocenters. The molecule has 13 heavy (non-hydrogen) atoms. The number of ether oxygens (including phenoxy) is 1. The van der Waals surface area contributed by atoms with Crippen LogP contribution in [0.15, 0.2) is 24.3 Å². The number of nitrogens with zero attached hydrogens (tertiary/aromatic N) is 2. The van der Waals surface area contributed by atoms with Crippen molar-refractivity contribution in [2.75, 3.05) is 7.11 Å². The third kappa shape index (κ3) is 1.15. The summed E-state index contributed by atoms with van der Waals surface area (Å²) in [6.45, 7) is -0.121. The summed E-state index contributed by atoms with van der Waals surface area (Å²) in [5.41, 5.74) is 1.70. The number of fused-ring (bicyclic) bond motifs is 1. The average Bonchev–Trinajstić information content (AvgIpc) is 2.55. The highest BCUT2D eigenvalue weighted by molar-refractivity contribution is 5.76. The van der Waals surface area contributed by atoms with Crippen LogP contribution in [-0.4, -0.2) is 21.8 Å². The predicted octanol–water partition coefficient (Wildman–Crippen LogP) is 0.995. The molecule has 68 valence electrons. The molecule has 0 aliphatic rings. The Morgan fingerprint density at radius 2 is 2.23 bits per heavy atom. The number of methoxy groups -OCH3 is 1. The number of aromatic nitrogens is 2. The lowest BCUT2D eigenvalue weighted by molar-refractivity contribution is 0.197. The lowest BCUT2D eigenvalue weighted by atomic mass is 10.3. The Kier molecular flexibility index (Phi) is 1.90. The van der Waals surface area contributed by atoms with E-state index in [-0.39, 0.29) is 6.73 Å². The molecule has 4 nitrogen and oxygen atoms in total. The van der Waals surface area contributed by atoms with E-state index in [1.165, 1.54) is 7.11 Å². The molecule has 2 rings (SSSR count). The highest BCUT2D eigenvalue weighted by Crippen LogP contribution is 2.19. The van der Waals surface area contributed by atoms with Gasteiger partial charge in [0, 0.05) is 0 Å². The monoisotopic (exact) mass is 178 g/mol. The fourth-order valence-corrected chi connectivity index (χ4v) is 1.35. The van der Waals surface area contributed by atoms with Gasteiger partial charge in [0.25, 0.3) is 6.01 Å². The van der Waals surface area contributed by atoms with Crippen LogP contribution < -0.4 is 4.74 Å². The first kappa shape index (κ1) is 8.07. The summed E-state index contributed by atoms with van der Waals surface area (Å²) < 4.78 is 6.62. The van der Waals surface area contributed by atoms with Gasteiger partial charge < -0.3 is 9.84 Å². The van der Waals surface area contributed by atoms with Crippen LogP contribution in [0.2, 0.25) is 0 Å². The zero-order valence-electron chi connectivity index (χ0n) is 7.27. The Labute approximate surface area is 75.4 Å². The van der Waals surface area contributed by atoms with Gasteiger partial charge in [0.15, 0.2) is 0 Å². The molecule has 0 aliphatic carbocycles. The van der Waals surface area contributed by atoms with E-state index in [1.54, 1.807) is 4.57 Å². The normalized spacial score (nSPS) is 10.6. The van der Waals surface area contributed by atoms with Crippen LogP contribution in [0.1, 0.15) is 0 Å². The Balaban J connectivity index is 2.73. The minimum atomic E-state index is -0.121. The molecular weight excluding hydrogens is 168 g/mol. The van der Waals surface area contributed by atoms with Crippen LogP contribution in [0.4, 0.5) is 0 Å². The molecule has 0 atom stereocenters. The van der Waals surface area contributed by atoms with Gasteiger partial charge in [-0.05, 0) is 12.1 Å². The minimum absolute atomic E-state index is 0.121. The maximum absolute atomic E-state index is 9.08. The molecule has 0 saturated heterocycles. The van der Waals surface area contributed by atoms with Gasteiger partial charge >= 0.3 is 0 Å². The van der Waals surface area contributed by atoms with E-state index in [0.717, 1.165) is 11.0 Å². The van der Waals surface area contributed by atoms with Gasteiger partial charge in [-0.25, -0.2) is 0 Å². The SMILES string of the molecule is COc1nc2ccccc2n1CO. The van der Waals surface area contributed by atoms with Crippen molar-refractivity contribution in [1.82, 2.24) is 9.55 Å².